The van der Waals surface area contributed by atoms with E-state index >= 15 is 0 Å². The monoisotopic (exact) mass is 228 g/mol. The lowest BCUT2D eigenvalue weighted by Crippen LogP contribution is -1.94. The summed E-state index contributed by atoms with van der Waals surface area (Å²) in [7, 11) is 2.95. The lowest BCUT2D eigenvalue weighted by molar-refractivity contribution is 0.334. The van der Waals surface area contributed by atoms with E-state index in [2.05, 4.69) is 6.30 Å². The summed E-state index contributed by atoms with van der Waals surface area (Å²) >= 11 is 0. The van der Waals surface area contributed by atoms with Gasteiger partial charge in [-0.2, -0.15) is 0 Å². The number of hydrogen-bond donors (Lipinski definition) is 0. The maximum atomic E-state index is 5.29. The number of methoxy groups -OCH3 is 1. The fraction of sp³-hybridized carbons (Fsp3) is 0.364. The molecule has 0 aromatic heterocycles. The highest BCUT2D eigenvalue weighted by molar-refractivity contribution is 7.63. The minimum Gasteiger partial charge on any atom is -0.497 e. The molecule has 0 heterocycles. The molecule has 0 aliphatic heterocycles. The van der Waals surface area contributed by atoms with Crippen LogP contribution in [0, 0.1) is 0 Å². The van der Waals surface area contributed by atoms with Crippen molar-refractivity contribution >= 4 is 13.6 Å². The number of ether oxygens (including phenoxy) is 1. The second-order valence-corrected chi connectivity index (χ2v) is 5.86. The van der Waals surface area contributed by atoms with Crippen LogP contribution < -0.4 is 4.74 Å². The van der Waals surface area contributed by atoms with Gasteiger partial charge >= 0.3 is 0 Å². The molecule has 0 amide bonds. The Morgan fingerprint density at radius 1 is 1.07 bits per heavy atom. The SMILES string of the molecule is C=P(Cc1ccc(OC)cc1)(OC)OC. The molecule has 15 heavy (non-hydrogen) atoms. The first kappa shape index (κ1) is 12.3. The highest BCUT2D eigenvalue weighted by atomic mass is 31.2. The van der Waals surface area contributed by atoms with Gasteiger partial charge in [-0.25, -0.2) is 0 Å². The van der Waals surface area contributed by atoms with E-state index in [0.29, 0.717) is 6.16 Å². The van der Waals surface area contributed by atoms with Crippen molar-refractivity contribution in [1.29, 1.82) is 0 Å². The molecular formula is C11H17O3P. The van der Waals surface area contributed by atoms with E-state index in [1.54, 1.807) is 21.3 Å². The molecule has 0 aliphatic rings. The molecule has 0 unspecified atom stereocenters. The minimum atomic E-state index is -1.97. The van der Waals surface area contributed by atoms with Crippen molar-refractivity contribution in [3.63, 3.8) is 0 Å². The van der Waals surface area contributed by atoms with Gasteiger partial charge in [0, 0.05) is 20.4 Å². The van der Waals surface area contributed by atoms with Crippen molar-refractivity contribution in [2.24, 2.45) is 0 Å². The van der Waals surface area contributed by atoms with Gasteiger partial charge in [-0.05, 0) is 17.7 Å². The zero-order valence-electron chi connectivity index (χ0n) is 9.40. The molecule has 0 fully saturated rings. The summed E-state index contributed by atoms with van der Waals surface area (Å²) in [6.07, 6.45) is 4.69. The van der Waals surface area contributed by atoms with Gasteiger partial charge in [-0.3, -0.25) is 0 Å². The molecule has 1 rings (SSSR count). The zero-order valence-corrected chi connectivity index (χ0v) is 10.3. The Morgan fingerprint density at radius 2 is 1.60 bits per heavy atom. The van der Waals surface area contributed by atoms with Gasteiger partial charge in [0.1, 0.15) is 13.1 Å². The molecule has 4 heteroatoms. The van der Waals surface area contributed by atoms with E-state index in [9.17, 15) is 0 Å². The molecule has 0 aliphatic carbocycles. The normalized spacial score (nSPS) is 11.4. The van der Waals surface area contributed by atoms with E-state index in [1.807, 2.05) is 24.3 Å². The molecule has 0 saturated heterocycles. The Hall–Kier alpha value is -0.760. The first-order valence-electron chi connectivity index (χ1n) is 4.60. The Bertz CT molecular complexity index is 337. The third kappa shape index (κ3) is 3.38. The van der Waals surface area contributed by atoms with Gasteiger partial charge in [0.2, 0.25) is 0 Å². The lowest BCUT2D eigenvalue weighted by Gasteiger charge is -2.20. The third-order valence-electron chi connectivity index (χ3n) is 2.25. The third-order valence-corrected chi connectivity index (χ3v) is 4.43. The van der Waals surface area contributed by atoms with Gasteiger partial charge in [-0.15, -0.1) is 0 Å². The fourth-order valence-corrected chi connectivity index (χ4v) is 2.39. The van der Waals surface area contributed by atoms with E-state index < -0.39 is 7.34 Å². The van der Waals surface area contributed by atoms with Crippen molar-refractivity contribution in [3.8, 4) is 5.75 Å². The summed E-state index contributed by atoms with van der Waals surface area (Å²) in [5, 5.41) is 0. The van der Waals surface area contributed by atoms with Gasteiger partial charge in [0.15, 0.2) is 0 Å². The molecule has 0 atom stereocenters. The second-order valence-electron chi connectivity index (χ2n) is 3.19. The van der Waals surface area contributed by atoms with Crippen molar-refractivity contribution in [2.45, 2.75) is 6.16 Å². The largest absolute Gasteiger partial charge is 0.497 e. The van der Waals surface area contributed by atoms with Crippen LogP contribution in [0.4, 0.5) is 0 Å². The predicted octanol–water partition coefficient (Wildman–Crippen LogP) is 2.77. The van der Waals surface area contributed by atoms with Crippen LogP contribution in [0.15, 0.2) is 24.3 Å². The highest BCUT2D eigenvalue weighted by Crippen LogP contribution is 2.49. The van der Waals surface area contributed by atoms with Gasteiger partial charge in [0.05, 0.1) is 7.11 Å². The maximum Gasteiger partial charge on any atom is 0.120 e. The molecule has 1 aromatic carbocycles. The Morgan fingerprint density at radius 3 is 2.00 bits per heavy atom. The highest BCUT2D eigenvalue weighted by Gasteiger charge is 2.12. The van der Waals surface area contributed by atoms with Crippen molar-refractivity contribution in [3.05, 3.63) is 29.8 Å². The maximum absolute atomic E-state index is 5.29. The van der Waals surface area contributed by atoms with E-state index in [0.717, 1.165) is 11.3 Å². The fourth-order valence-electron chi connectivity index (χ4n) is 1.21. The Kier molecular flexibility index (Phi) is 4.40. The van der Waals surface area contributed by atoms with Crippen LogP contribution in [0.3, 0.4) is 0 Å². The molecule has 0 bridgehead atoms. The summed E-state index contributed by atoms with van der Waals surface area (Å²) in [5.74, 6) is 0.849. The molecule has 3 nitrogen and oxygen atoms in total. The standard InChI is InChI=1S/C11H17O3P/c1-12-11-7-5-10(6-8-11)9-15(4,13-2)14-3/h5-8H,4,9H2,1-3H3. The summed E-state index contributed by atoms with van der Waals surface area (Å²) in [5.41, 5.74) is 1.14. The van der Waals surface area contributed by atoms with Crippen LogP contribution in [-0.2, 0) is 15.2 Å². The van der Waals surface area contributed by atoms with E-state index in [4.69, 9.17) is 13.8 Å². The Balaban J connectivity index is 2.76. The van der Waals surface area contributed by atoms with Crippen LogP contribution in [0.2, 0.25) is 0 Å². The molecular weight excluding hydrogens is 211 g/mol. The van der Waals surface area contributed by atoms with Crippen molar-refractivity contribution < 1.29 is 13.8 Å². The predicted molar refractivity (Wildman–Crippen MR) is 64.8 cm³/mol. The molecule has 0 N–H and O–H groups in total. The first-order valence-corrected chi connectivity index (χ1v) is 6.60. The van der Waals surface area contributed by atoms with E-state index in [-0.39, 0.29) is 0 Å². The average molecular weight is 228 g/mol. The second kappa shape index (κ2) is 5.36. The molecule has 0 saturated carbocycles. The van der Waals surface area contributed by atoms with Crippen molar-refractivity contribution in [1.82, 2.24) is 0 Å². The van der Waals surface area contributed by atoms with E-state index in [1.165, 1.54) is 0 Å². The molecule has 0 radical (unpaired) electrons. The van der Waals surface area contributed by atoms with Gasteiger partial charge < -0.3 is 13.8 Å². The topological polar surface area (TPSA) is 27.7 Å². The number of hydrogen-bond acceptors (Lipinski definition) is 3. The average Bonchev–Trinajstić information content (AvgIpc) is 2.30. The zero-order chi connectivity index (χ0) is 11.3. The molecule has 0 spiro atoms. The molecule has 1 aromatic rings. The summed E-state index contributed by atoms with van der Waals surface area (Å²) in [6.45, 7) is 0. The first-order chi connectivity index (χ1) is 7.13. The van der Waals surface area contributed by atoms with Crippen LogP contribution in [0.25, 0.3) is 0 Å². The molecule has 84 valence electrons. The summed E-state index contributed by atoms with van der Waals surface area (Å²) in [6, 6.07) is 7.84. The van der Waals surface area contributed by atoms with Gasteiger partial charge in [0.25, 0.3) is 0 Å². The number of rotatable bonds is 5. The van der Waals surface area contributed by atoms with Crippen molar-refractivity contribution in [2.75, 3.05) is 21.3 Å². The van der Waals surface area contributed by atoms with Gasteiger partial charge in [-0.1, -0.05) is 18.4 Å². The lowest BCUT2D eigenvalue weighted by atomic mass is 10.2. The van der Waals surface area contributed by atoms with Crippen LogP contribution in [-0.4, -0.2) is 27.6 Å². The quantitative estimate of drug-likeness (QED) is 0.725. The smallest absolute Gasteiger partial charge is 0.120 e. The van der Waals surface area contributed by atoms with Crippen LogP contribution in [0.1, 0.15) is 5.56 Å². The summed E-state index contributed by atoms with van der Waals surface area (Å²) in [4.78, 5) is 0. The number of benzene rings is 1. The minimum absolute atomic E-state index is 0.712. The van der Waals surface area contributed by atoms with Crippen LogP contribution >= 0.6 is 7.34 Å². The Labute approximate surface area is 91.1 Å². The summed E-state index contributed by atoms with van der Waals surface area (Å²) < 4.78 is 15.7. The van der Waals surface area contributed by atoms with Crippen LogP contribution in [0.5, 0.6) is 5.75 Å².